The summed E-state index contributed by atoms with van der Waals surface area (Å²) >= 11 is 5.33. The van der Waals surface area contributed by atoms with E-state index < -0.39 is 0 Å². The van der Waals surface area contributed by atoms with Crippen LogP contribution in [0.3, 0.4) is 0 Å². The number of rotatable bonds is 6. The van der Waals surface area contributed by atoms with Gasteiger partial charge in [0.15, 0.2) is 0 Å². The van der Waals surface area contributed by atoms with E-state index in [2.05, 4.69) is 76.6 Å². The summed E-state index contributed by atoms with van der Waals surface area (Å²) in [4.78, 5) is 4.60. The zero-order chi connectivity index (χ0) is 14.5. The maximum atomic E-state index is 4.60. The Balaban J connectivity index is 2.15. The normalized spacial score (nSPS) is 12.8. The molecule has 0 amide bonds. The molecule has 0 fully saturated rings. The van der Waals surface area contributed by atoms with E-state index in [1.54, 1.807) is 11.3 Å². The van der Waals surface area contributed by atoms with Gasteiger partial charge in [0.1, 0.15) is 0 Å². The van der Waals surface area contributed by atoms with Crippen LogP contribution < -0.4 is 5.32 Å². The van der Waals surface area contributed by atoms with Gasteiger partial charge in [-0.05, 0) is 24.6 Å². The molecule has 1 N–H and O–H groups in total. The van der Waals surface area contributed by atoms with Crippen molar-refractivity contribution in [2.75, 3.05) is 6.54 Å². The minimum Gasteiger partial charge on any atom is -0.314 e. The van der Waals surface area contributed by atoms with Crippen molar-refractivity contribution in [2.24, 2.45) is 0 Å². The number of aromatic nitrogens is 1. The topological polar surface area (TPSA) is 24.9 Å². The van der Waals surface area contributed by atoms with Gasteiger partial charge in [0.25, 0.3) is 0 Å². The van der Waals surface area contributed by atoms with Gasteiger partial charge in [-0.25, -0.2) is 4.98 Å². The van der Waals surface area contributed by atoms with E-state index >= 15 is 0 Å². The zero-order valence-electron chi connectivity index (χ0n) is 12.2. The largest absolute Gasteiger partial charge is 0.314 e. The summed E-state index contributed by atoms with van der Waals surface area (Å²) in [6.45, 7) is 7.41. The van der Waals surface area contributed by atoms with Crippen LogP contribution in [0.15, 0.2) is 34.1 Å². The molecule has 4 heteroatoms. The Morgan fingerprint density at radius 1 is 1.35 bits per heavy atom. The Morgan fingerprint density at radius 2 is 2.15 bits per heavy atom. The van der Waals surface area contributed by atoms with Crippen LogP contribution >= 0.6 is 27.3 Å². The van der Waals surface area contributed by atoms with Crippen LogP contribution in [0.25, 0.3) is 0 Å². The van der Waals surface area contributed by atoms with Gasteiger partial charge in [-0.3, -0.25) is 0 Å². The van der Waals surface area contributed by atoms with Gasteiger partial charge in [-0.2, -0.15) is 0 Å². The summed E-state index contributed by atoms with van der Waals surface area (Å²) in [5.74, 6) is 0.459. The Morgan fingerprint density at radius 3 is 2.75 bits per heavy atom. The van der Waals surface area contributed by atoms with Crippen LogP contribution in [0.1, 0.15) is 36.0 Å². The van der Waals surface area contributed by atoms with Gasteiger partial charge in [0.05, 0.1) is 5.01 Å². The summed E-state index contributed by atoms with van der Waals surface area (Å²) < 4.78 is 1.14. The highest BCUT2D eigenvalue weighted by atomic mass is 79.9. The lowest BCUT2D eigenvalue weighted by Gasteiger charge is -2.19. The van der Waals surface area contributed by atoms with E-state index in [1.807, 2.05) is 0 Å². The fraction of sp³-hybridized carbons (Fsp3) is 0.438. The molecule has 0 spiro atoms. The van der Waals surface area contributed by atoms with Crippen molar-refractivity contribution in [1.29, 1.82) is 0 Å². The molecule has 0 radical (unpaired) electrons. The molecule has 1 aromatic heterocycles. The minimum atomic E-state index is 0.459. The van der Waals surface area contributed by atoms with Crippen molar-refractivity contribution in [3.05, 3.63) is 50.4 Å². The van der Waals surface area contributed by atoms with Crippen LogP contribution in [-0.2, 0) is 6.42 Å². The van der Waals surface area contributed by atoms with Crippen molar-refractivity contribution in [1.82, 2.24) is 10.3 Å². The van der Waals surface area contributed by atoms with Gasteiger partial charge in [0, 0.05) is 40.5 Å². The van der Waals surface area contributed by atoms with Crippen molar-refractivity contribution in [3.63, 3.8) is 0 Å². The van der Waals surface area contributed by atoms with E-state index in [0.29, 0.717) is 12.0 Å². The molecule has 2 nitrogen and oxygen atoms in total. The lowest BCUT2D eigenvalue weighted by atomic mass is 9.95. The summed E-state index contributed by atoms with van der Waals surface area (Å²) in [5.41, 5.74) is 2.48. The first-order valence-electron chi connectivity index (χ1n) is 6.94. The summed E-state index contributed by atoms with van der Waals surface area (Å²) in [6, 6.07) is 9.10. The molecular weight excluding hydrogens is 332 g/mol. The smallest absolute Gasteiger partial charge is 0.0934 e. The molecule has 0 aliphatic heterocycles. The van der Waals surface area contributed by atoms with E-state index in [9.17, 15) is 0 Å². The zero-order valence-corrected chi connectivity index (χ0v) is 14.6. The van der Waals surface area contributed by atoms with E-state index in [-0.39, 0.29) is 0 Å². The van der Waals surface area contributed by atoms with Crippen LogP contribution in [-0.4, -0.2) is 17.6 Å². The standard InChI is InChI=1S/C16H21BrN2S/c1-11(2)18-9-14(8-16-19-12(3)10-20-16)13-5-4-6-15(17)7-13/h4-7,10-11,14,18H,8-9H2,1-3H3. The lowest BCUT2D eigenvalue weighted by Crippen LogP contribution is -2.29. The fourth-order valence-electron chi connectivity index (χ4n) is 2.15. The van der Waals surface area contributed by atoms with Crippen molar-refractivity contribution in [2.45, 2.75) is 39.2 Å². The molecule has 1 atom stereocenters. The summed E-state index contributed by atoms with van der Waals surface area (Å²) in [6.07, 6.45) is 0.995. The monoisotopic (exact) mass is 352 g/mol. The molecule has 0 saturated carbocycles. The van der Waals surface area contributed by atoms with Gasteiger partial charge in [-0.15, -0.1) is 11.3 Å². The molecule has 108 valence electrons. The second kappa shape index (κ2) is 7.34. The van der Waals surface area contributed by atoms with E-state index in [4.69, 9.17) is 0 Å². The third kappa shape index (κ3) is 4.69. The molecule has 0 bridgehead atoms. The van der Waals surface area contributed by atoms with Gasteiger partial charge >= 0.3 is 0 Å². The SMILES string of the molecule is Cc1csc(CC(CNC(C)C)c2cccc(Br)c2)n1. The predicted octanol–water partition coefficient (Wildman–Crippen LogP) is 4.54. The maximum absolute atomic E-state index is 4.60. The van der Waals surface area contributed by atoms with Gasteiger partial charge in [0.2, 0.25) is 0 Å². The highest BCUT2D eigenvalue weighted by Gasteiger charge is 2.15. The molecule has 0 saturated heterocycles. The quantitative estimate of drug-likeness (QED) is 0.825. The molecular formula is C16H21BrN2S. The number of hydrogen-bond donors (Lipinski definition) is 1. The number of benzene rings is 1. The van der Waals surface area contributed by atoms with Crippen LogP contribution in [0.4, 0.5) is 0 Å². The Hall–Kier alpha value is -0.710. The van der Waals surface area contributed by atoms with E-state index in [0.717, 1.165) is 23.1 Å². The van der Waals surface area contributed by atoms with E-state index in [1.165, 1.54) is 10.6 Å². The molecule has 0 aliphatic carbocycles. The first-order chi connectivity index (χ1) is 9.54. The Labute approximate surface area is 133 Å². The minimum absolute atomic E-state index is 0.459. The van der Waals surface area contributed by atoms with Crippen molar-refractivity contribution >= 4 is 27.3 Å². The fourth-order valence-corrected chi connectivity index (χ4v) is 3.42. The summed E-state index contributed by atoms with van der Waals surface area (Å²) in [7, 11) is 0. The second-order valence-corrected chi connectivity index (χ2v) is 7.26. The van der Waals surface area contributed by atoms with Crippen LogP contribution in [0, 0.1) is 6.92 Å². The predicted molar refractivity (Wildman–Crippen MR) is 90.6 cm³/mol. The number of halogens is 1. The molecule has 0 aliphatic rings. The number of aryl methyl sites for hydroxylation is 1. The average Bonchev–Trinajstić information content (AvgIpc) is 2.80. The van der Waals surface area contributed by atoms with Crippen molar-refractivity contribution in [3.8, 4) is 0 Å². The lowest BCUT2D eigenvalue weighted by molar-refractivity contribution is 0.526. The molecule has 2 aromatic rings. The van der Waals surface area contributed by atoms with Crippen LogP contribution in [0.5, 0.6) is 0 Å². The summed E-state index contributed by atoms with van der Waals surface area (Å²) in [5, 5.41) is 6.90. The van der Waals surface area contributed by atoms with Crippen molar-refractivity contribution < 1.29 is 0 Å². The Kier molecular flexibility index (Phi) is 5.75. The first-order valence-corrected chi connectivity index (χ1v) is 8.61. The third-order valence-corrected chi connectivity index (χ3v) is 4.66. The number of nitrogens with one attached hydrogen (secondary N) is 1. The van der Waals surface area contributed by atoms with Crippen LogP contribution in [0.2, 0.25) is 0 Å². The number of hydrogen-bond acceptors (Lipinski definition) is 3. The number of nitrogens with zero attached hydrogens (tertiary/aromatic N) is 1. The average molecular weight is 353 g/mol. The highest BCUT2D eigenvalue weighted by molar-refractivity contribution is 9.10. The van der Waals surface area contributed by atoms with Gasteiger partial charge < -0.3 is 5.32 Å². The first kappa shape index (κ1) is 15.7. The second-order valence-electron chi connectivity index (χ2n) is 5.40. The Bertz CT molecular complexity index is 551. The molecule has 1 unspecified atom stereocenters. The molecule has 1 heterocycles. The molecule has 2 rings (SSSR count). The molecule has 20 heavy (non-hydrogen) atoms. The molecule has 1 aromatic carbocycles. The third-order valence-electron chi connectivity index (χ3n) is 3.18. The highest BCUT2D eigenvalue weighted by Crippen LogP contribution is 2.25. The maximum Gasteiger partial charge on any atom is 0.0934 e. The van der Waals surface area contributed by atoms with Gasteiger partial charge in [-0.1, -0.05) is 41.9 Å². The number of thiazole rings is 1.